The summed E-state index contributed by atoms with van der Waals surface area (Å²) in [7, 11) is 1.18. The molecule has 34 heavy (non-hydrogen) atoms. The Labute approximate surface area is 197 Å². The van der Waals surface area contributed by atoms with Gasteiger partial charge in [0.1, 0.15) is 11.6 Å². The SMILES string of the molecule is COC(=O)c1ccc(F)c(NC(=O)c2ccccc2SCC(=O)c2ccc(OC(F)F)cc2)c1. The fourth-order valence-electron chi connectivity index (χ4n) is 2.88. The first kappa shape index (κ1) is 24.8. The van der Waals surface area contributed by atoms with Crippen LogP contribution in [0.3, 0.4) is 0 Å². The van der Waals surface area contributed by atoms with Gasteiger partial charge in [-0.25, -0.2) is 9.18 Å². The van der Waals surface area contributed by atoms with Gasteiger partial charge in [-0.15, -0.1) is 11.8 Å². The van der Waals surface area contributed by atoms with Crippen LogP contribution in [0.25, 0.3) is 0 Å². The molecule has 0 radical (unpaired) electrons. The van der Waals surface area contributed by atoms with E-state index in [0.29, 0.717) is 4.90 Å². The number of carbonyl (C=O) groups excluding carboxylic acids is 3. The maximum Gasteiger partial charge on any atom is 0.387 e. The molecule has 0 fully saturated rings. The van der Waals surface area contributed by atoms with E-state index < -0.39 is 24.3 Å². The van der Waals surface area contributed by atoms with Crippen molar-refractivity contribution in [1.82, 2.24) is 0 Å². The number of alkyl halides is 2. The van der Waals surface area contributed by atoms with Gasteiger partial charge in [0.2, 0.25) is 0 Å². The fraction of sp³-hybridized carbons (Fsp3) is 0.125. The number of amides is 1. The lowest BCUT2D eigenvalue weighted by atomic mass is 10.1. The Balaban J connectivity index is 1.70. The summed E-state index contributed by atoms with van der Waals surface area (Å²) in [6, 6.07) is 15.2. The Hall–Kier alpha value is -3.79. The van der Waals surface area contributed by atoms with Gasteiger partial charge in [0.25, 0.3) is 5.91 Å². The van der Waals surface area contributed by atoms with Crippen LogP contribution >= 0.6 is 11.8 Å². The molecule has 1 N–H and O–H groups in total. The van der Waals surface area contributed by atoms with Gasteiger partial charge in [-0.2, -0.15) is 8.78 Å². The monoisotopic (exact) mass is 489 g/mol. The minimum Gasteiger partial charge on any atom is -0.465 e. The summed E-state index contributed by atoms with van der Waals surface area (Å²) in [6.45, 7) is -2.96. The van der Waals surface area contributed by atoms with Gasteiger partial charge in [0.05, 0.1) is 29.7 Å². The zero-order valence-electron chi connectivity index (χ0n) is 17.7. The topological polar surface area (TPSA) is 81.7 Å². The normalized spacial score (nSPS) is 10.6. The summed E-state index contributed by atoms with van der Waals surface area (Å²) in [4.78, 5) is 37.5. The van der Waals surface area contributed by atoms with E-state index in [1.54, 1.807) is 18.2 Å². The minimum atomic E-state index is -2.96. The van der Waals surface area contributed by atoms with E-state index in [9.17, 15) is 27.6 Å². The van der Waals surface area contributed by atoms with Crippen molar-refractivity contribution in [3.8, 4) is 5.75 Å². The molecule has 0 atom stereocenters. The number of methoxy groups -OCH3 is 1. The summed E-state index contributed by atoms with van der Waals surface area (Å²) in [5.74, 6) is -2.44. The number of ketones is 1. The highest BCUT2D eigenvalue weighted by molar-refractivity contribution is 8.00. The molecule has 0 spiro atoms. The van der Waals surface area contributed by atoms with Crippen LogP contribution in [-0.4, -0.2) is 37.1 Å². The lowest BCUT2D eigenvalue weighted by Gasteiger charge is -2.11. The van der Waals surface area contributed by atoms with Crippen molar-refractivity contribution < 1.29 is 37.0 Å². The first-order valence-corrected chi connectivity index (χ1v) is 10.8. The van der Waals surface area contributed by atoms with Crippen molar-refractivity contribution in [2.75, 3.05) is 18.2 Å². The lowest BCUT2D eigenvalue weighted by molar-refractivity contribution is -0.0498. The van der Waals surface area contributed by atoms with Crippen LogP contribution in [0.4, 0.5) is 18.9 Å². The summed E-state index contributed by atoms with van der Waals surface area (Å²) >= 11 is 1.09. The van der Waals surface area contributed by atoms with Gasteiger partial charge in [-0.1, -0.05) is 12.1 Å². The van der Waals surface area contributed by atoms with Crippen molar-refractivity contribution in [2.45, 2.75) is 11.5 Å². The molecule has 1 amide bonds. The molecule has 0 bridgehead atoms. The first-order chi connectivity index (χ1) is 16.3. The minimum absolute atomic E-state index is 0.0362. The number of hydrogen-bond acceptors (Lipinski definition) is 6. The van der Waals surface area contributed by atoms with E-state index in [-0.39, 0.29) is 39.7 Å². The van der Waals surface area contributed by atoms with Crippen molar-refractivity contribution in [2.24, 2.45) is 0 Å². The first-order valence-electron chi connectivity index (χ1n) is 9.77. The third-order valence-electron chi connectivity index (χ3n) is 4.53. The van der Waals surface area contributed by atoms with E-state index in [0.717, 1.165) is 17.8 Å². The second kappa shape index (κ2) is 11.4. The predicted molar refractivity (Wildman–Crippen MR) is 120 cm³/mol. The third-order valence-corrected chi connectivity index (χ3v) is 5.60. The highest BCUT2D eigenvalue weighted by Crippen LogP contribution is 2.26. The van der Waals surface area contributed by atoms with Crippen LogP contribution in [0.5, 0.6) is 5.75 Å². The van der Waals surface area contributed by atoms with Crippen LogP contribution in [-0.2, 0) is 4.74 Å². The van der Waals surface area contributed by atoms with Crippen LogP contribution in [0.1, 0.15) is 31.1 Å². The maximum atomic E-state index is 14.2. The molecule has 3 aromatic rings. The molecule has 176 valence electrons. The standard InChI is InChI=1S/C24H18F3NO5S/c1-32-23(31)15-8-11-18(25)19(12-15)28-22(30)17-4-2-3-5-21(17)34-13-20(29)14-6-9-16(10-7-14)33-24(26)27/h2-12,24H,13H2,1H3,(H,28,30). The maximum absolute atomic E-state index is 14.2. The number of thioether (sulfide) groups is 1. The fourth-order valence-corrected chi connectivity index (χ4v) is 3.83. The molecule has 0 aromatic heterocycles. The molecule has 6 nitrogen and oxygen atoms in total. The van der Waals surface area contributed by atoms with E-state index in [2.05, 4.69) is 14.8 Å². The molecule has 0 heterocycles. The molecular weight excluding hydrogens is 471 g/mol. The Morgan fingerprint density at radius 3 is 2.32 bits per heavy atom. The summed E-state index contributed by atoms with van der Waals surface area (Å²) in [6.07, 6.45) is 0. The Morgan fingerprint density at radius 1 is 0.971 bits per heavy atom. The summed E-state index contributed by atoms with van der Waals surface area (Å²) < 4.78 is 47.6. The number of Topliss-reactive ketones (excluding diaryl/α,β-unsaturated/α-hetero) is 1. The van der Waals surface area contributed by atoms with Crippen molar-refractivity contribution in [1.29, 1.82) is 0 Å². The zero-order valence-corrected chi connectivity index (χ0v) is 18.5. The molecule has 3 rings (SSSR count). The Bertz CT molecular complexity index is 1200. The van der Waals surface area contributed by atoms with Crippen molar-refractivity contribution in [3.63, 3.8) is 0 Å². The average molecular weight is 489 g/mol. The largest absolute Gasteiger partial charge is 0.465 e. The summed E-state index contributed by atoms with van der Waals surface area (Å²) in [5, 5.41) is 2.43. The highest BCUT2D eigenvalue weighted by atomic mass is 32.2. The second-order valence-corrected chi connectivity index (χ2v) is 7.77. The number of rotatable bonds is 9. The summed E-state index contributed by atoms with van der Waals surface area (Å²) in [5.41, 5.74) is 0.355. The van der Waals surface area contributed by atoms with Crippen molar-refractivity contribution >= 4 is 35.1 Å². The second-order valence-electron chi connectivity index (χ2n) is 6.75. The molecule has 3 aromatic carbocycles. The van der Waals surface area contributed by atoms with E-state index in [1.807, 2.05) is 0 Å². The zero-order chi connectivity index (χ0) is 24.7. The Kier molecular flexibility index (Phi) is 8.31. The van der Waals surface area contributed by atoms with Gasteiger partial charge >= 0.3 is 12.6 Å². The number of carbonyl (C=O) groups is 3. The number of benzene rings is 3. The molecule has 0 saturated heterocycles. The van der Waals surface area contributed by atoms with Gasteiger partial charge in [-0.05, 0) is 54.6 Å². The number of hydrogen-bond donors (Lipinski definition) is 1. The molecule has 0 unspecified atom stereocenters. The number of esters is 1. The van der Waals surface area contributed by atoms with Crippen LogP contribution in [0.15, 0.2) is 71.6 Å². The molecule has 0 aliphatic rings. The van der Waals surface area contributed by atoms with Gasteiger partial charge in [0.15, 0.2) is 5.78 Å². The van der Waals surface area contributed by atoms with E-state index in [1.165, 1.54) is 49.6 Å². The Morgan fingerprint density at radius 2 is 1.65 bits per heavy atom. The molecule has 0 aliphatic heterocycles. The smallest absolute Gasteiger partial charge is 0.387 e. The number of nitrogens with one attached hydrogen (secondary N) is 1. The van der Waals surface area contributed by atoms with Crippen LogP contribution < -0.4 is 10.1 Å². The van der Waals surface area contributed by atoms with Crippen molar-refractivity contribution in [3.05, 3.63) is 89.2 Å². The number of anilines is 1. The quantitative estimate of drug-likeness (QED) is 0.245. The lowest BCUT2D eigenvalue weighted by Crippen LogP contribution is -2.15. The predicted octanol–water partition coefficient (Wildman–Crippen LogP) is 5.44. The number of halogens is 3. The van der Waals surface area contributed by atoms with E-state index >= 15 is 0 Å². The van der Waals surface area contributed by atoms with Crippen LogP contribution in [0.2, 0.25) is 0 Å². The van der Waals surface area contributed by atoms with Gasteiger partial charge in [-0.3, -0.25) is 9.59 Å². The van der Waals surface area contributed by atoms with Gasteiger partial charge in [0, 0.05) is 10.5 Å². The molecule has 0 saturated carbocycles. The molecule has 10 heteroatoms. The van der Waals surface area contributed by atoms with E-state index in [4.69, 9.17) is 0 Å². The molecule has 0 aliphatic carbocycles. The highest BCUT2D eigenvalue weighted by Gasteiger charge is 2.17. The van der Waals surface area contributed by atoms with Crippen LogP contribution in [0, 0.1) is 5.82 Å². The molecular formula is C24H18F3NO5S. The third kappa shape index (κ3) is 6.38. The van der Waals surface area contributed by atoms with Gasteiger partial charge < -0.3 is 14.8 Å². The average Bonchev–Trinajstić information content (AvgIpc) is 2.83. The number of ether oxygens (including phenoxy) is 2.